The standard InChI is InChI=1S/C17H22N6O2S2/c1-3-5-6-14-11-21(7-8-26-14)19-9-13-12-27-17(20-13)16-18-10-15(23(24)25)22(16)4-2/h4,9-10,12,14H,2-3,5-8,11H2,1H3. The zero-order chi connectivity index (χ0) is 19.2. The van der Waals surface area contributed by atoms with Crippen molar-refractivity contribution >= 4 is 41.3 Å². The summed E-state index contributed by atoms with van der Waals surface area (Å²) < 4.78 is 1.33. The minimum Gasteiger partial charge on any atom is -0.358 e. The Hall–Kier alpha value is -2.20. The second kappa shape index (κ2) is 9.14. The number of unbranched alkanes of at least 4 members (excludes halogenated alkanes) is 1. The van der Waals surface area contributed by atoms with E-state index in [-0.39, 0.29) is 5.82 Å². The number of hydrogen-bond acceptors (Lipinski definition) is 8. The molecule has 3 rings (SSSR count). The van der Waals surface area contributed by atoms with Gasteiger partial charge in [-0.1, -0.05) is 26.3 Å². The molecule has 1 atom stereocenters. The van der Waals surface area contributed by atoms with E-state index in [1.807, 2.05) is 17.1 Å². The van der Waals surface area contributed by atoms with E-state index in [2.05, 4.69) is 33.6 Å². The van der Waals surface area contributed by atoms with Crippen LogP contribution in [-0.2, 0) is 0 Å². The molecule has 1 saturated heterocycles. The van der Waals surface area contributed by atoms with Gasteiger partial charge in [0.05, 0.1) is 18.1 Å². The van der Waals surface area contributed by atoms with Gasteiger partial charge in [-0.05, 0) is 11.3 Å². The molecule has 8 nitrogen and oxygen atoms in total. The lowest BCUT2D eigenvalue weighted by atomic mass is 10.2. The average molecular weight is 407 g/mol. The molecule has 0 bridgehead atoms. The smallest absolute Gasteiger partial charge is 0.347 e. The molecule has 2 aromatic heterocycles. The molecule has 3 heterocycles. The molecule has 0 aliphatic carbocycles. The third-order valence-electron chi connectivity index (χ3n) is 4.21. The second-order valence-corrected chi connectivity index (χ2v) is 8.39. The molecule has 0 N–H and O–H groups in total. The Kier molecular flexibility index (Phi) is 6.62. The summed E-state index contributed by atoms with van der Waals surface area (Å²) in [5.74, 6) is 1.37. The SMILES string of the molecule is C=Cn1c([N+](=O)[O-])cnc1-c1nc(C=NN2CCSC(CCCC)C2)cs1. The summed E-state index contributed by atoms with van der Waals surface area (Å²) in [5, 5.41) is 20.8. The minimum absolute atomic E-state index is 0.130. The largest absolute Gasteiger partial charge is 0.358 e. The van der Waals surface area contributed by atoms with E-state index in [4.69, 9.17) is 0 Å². The zero-order valence-corrected chi connectivity index (χ0v) is 16.8. The van der Waals surface area contributed by atoms with Gasteiger partial charge < -0.3 is 10.1 Å². The van der Waals surface area contributed by atoms with Crippen LogP contribution in [0.4, 0.5) is 5.82 Å². The Balaban J connectivity index is 1.68. The van der Waals surface area contributed by atoms with Gasteiger partial charge in [0.2, 0.25) is 0 Å². The molecule has 27 heavy (non-hydrogen) atoms. The number of thioether (sulfide) groups is 1. The number of aromatic nitrogens is 3. The number of hydrazone groups is 1. The van der Waals surface area contributed by atoms with Crippen molar-refractivity contribution in [1.29, 1.82) is 0 Å². The molecule has 1 aliphatic rings. The monoisotopic (exact) mass is 406 g/mol. The fraction of sp³-hybridized carbons (Fsp3) is 0.471. The topological polar surface area (TPSA) is 89.4 Å². The summed E-state index contributed by atoms with van der Waals surface area (Å²) >= 11 is 3.41. The normalized spacial score (nSPS) is 17.5. The van der Waals surface area contributed by atoms with Gasteiger partial charge in [-0.25, -0.2) is 9.97 Å². The fourth-order valence-electron chi connectivity index (χ4n) is 2.83. The summed E-state index contributed by atoms with van der Waals surface area (Å²) in [6.45, 7) is 7.74. The number of rotatable bonds is 8. The summed E-state index contributed by atoms with van der Waals surface area (Å²) in [6, 6.07) is 0. The van der Waals surface area contributed by atoms with Crippen molar-refractivity contribution in [3.8, 4) is 10.8 Å². The van der Waals surface area contributed by atoms with E-state index >= 15 is 0 Å². The van der Waals surface area contributed by atoms with Gasteiger partial charge in [0, 0.05) is 29.5 Å². The highest BCUT2D eigenvalue weighted by molar-refractivity contribution is 8.00. The summed E-state index contributed by atoms with van der Waals surface area (Å²) in [7, 11) is 0. The molecule has 10 heteroatoms. The maximum Gasteiger partial charge on any atom is 0.347 e. The Bertz CT molecular complexity index is 831. The number of nitrogens with zero attached hydrogens (tertiary/aromatic N) is 6. The fourth-order valence-corrected chi connectivity index (χ4v) is 4.85. The molecule has 0 radical (unpaired) electrons. The second-order valence-electron chi connectivity index (χ2n) is 6.12. The van der Waals surface area contributed by atoms with Crippen LogP contribution in [0.1, 0.15) is 31.9 Å². The number of hydrogen-bond donors (Lipinski definition) is 0. The van der Waals surface area contributed by atoms with Crippen LogP contribution >= 0.6 is 23.1 Å². The van der Waals surface area contributed by atoms with Crippen molar-refractivity contribution < 1.29 is 4.92 Å². The molecule has 0 amide bonds. The summed E-state index contributed by atoms with van der Waals surface area (Å²) in [6.07, 6.45) is 8.05. The summed E-state index contributed by atoms with van der Waals surface area (Å²) in [4.78, 5) is 19.2. The van der Waals surface area contributed by atoms with Crippen molar-refractivity contribution in [3.05, 3.63) is 34.0 Å². The van der Waals surface area contributed by atoms with Gasteiger partial charge in [-0.3, -0.25) is 5.01 Å². The highest BCUT2D eigenvalue weighted by Crippen LogP contribution is 2.27. The molecule has 1 aliphatic heterocycles. The lowest BCUT2D eigenvalue weighted by Crippen LogP contribution is -2.34. The van der Waals surface area contributed by atoms with Crippen molar-refractivity contribution in [2.75, 3.05) is 18.8 Å². The van der Waals surface area contributed by atoms with Crippen molar-refractivity contribution in [2.45, 2.75) is 31.4 Å². The maximum absolute atomic E-state index is 11.1. The molecule has 2 aromatic rings. The van der Waals surface area contributed by atoms with E-state index < -0.39 is 4.92 Å². The van der Waals surface area contributed by atoms with Gasteiger partial charge in [-0.15, -0.1) is 11.3 Å². The van der Waals surface area contributed by atoms with Gasteiger partial charge >= 0.3 is 5.82 Å². The van der Waals surface area contributed by atoms with Gasteiger partial charge in [0.15, 0.2) is 5.01 Å². The van der Waals surface area contributed by atoms with Crippen LogP contribution in [0.25, 0.3) is 17.0 Å². The van der Waals surface area contributed by atoms with E-state index in [1.54, 1.807) is 6.21 Å². The van der Waals surface area contributed by atoms with Crippen LogP contribution in [0.5, 0.6) is 0 Å². The molecule has 0 saturated carbocycles. The molecule has 144 valence electrons. The minimum atomic E-state index is -0.489. The van der Waals surface area contributed by atoms with Crippen LogP contribution in [0.3, 0.4) is 0 Å². The zero-order valence-electron chi connectivity index (χ0n) is 15.2. The van der Waals surface area contributed by atoms with E-state index in [0.717, 1.165) is 24.5 Å². The van der Waals surface area contributed by atoms with Gasteiger partial charge in [0.25, 0.3) is 5.82 Å². The van der Waals surface area contributed by atoms with Crippen LogP contribution in [0.15, 0.2) is 23.3 Å². The predicted octanol–water partition coefficient (Wildman–Crippen LogP) is 3.96. The van der Waals surface area contributed by atoms with Gasteiger partial charge in [0.1, 0.15) is 6.20 Å². The number of imidazole rings is 1. The van der Waals surface area contributed by atoms with Crippen LogP contribution in [0.2, 0.25) is 0 Å². The lowest BCUT2D eigenvalue weighted by Gasteiger charge is -2.30. The van der Waals surface area contributed by atoms with Crippen LogP contribution in [0, 0.1) is 10.1 Å². The third-order valence-corrected chi connectivity index (χ3v) is 6.34. The molecule has 1 unspecified atom stereocenters. The first-order chi connectivity index (χ1) is 13.1. The first-order valence-corrected chi connectivity index (χ1v) is 10.8. The number of thiazole rings is 1. The predicted molar refractivity (Wildman–Crippen MR) is 111 cm³/mol. The van der Waals surface area contributed by atoms with Gasteiger partial charge in [-0.2, -0.15) is 21.4 Å². The Morgan fingerprint density at radius 3 is 3.15 bits per heavy atom. The quantitative estimate of drug-likeness (QED) is 0.374. The van der Waals surface area contributed by atoms with E-state index in [9.17, 15) is 10.1 Å². The number of nitro groups is 1. The summed E-state index contributed by atoms with van der Waals surface area (Å²) in [5.41, 5.74) is 0.722. The van der Waals surface area contributed by atoms with E-state index in [1.165, 1.54) is 47.6 Å². The Morgan fingerprint density at radius 2 is 2.41 bits per heavy atom. The lowest BCUT2D eigenvalue weighted by molar-refractivity contribution is -0.390. The molecular weight excluding hydrogens is 384 g/mol. The maximum atomic E-state index is 11.1. The molecule has 0 aromatic carbocycles. The molecule has 1 fully saturated rings. The molecule has 0 spiro atoms. The highest BCUT2D eigenvalue weighted by atomic mass is 32.2. The van der Waals surface area contributed by atoms with Crippen molar-refractivity contribution in [2.24, 2.45) is 5.10 Å². The Morgan fingerprint density at radius 1 is 1.56 bits per heavy atom. The van der Waals surface area contributed by atoms with Crippen molar-refractivity contribution in [1.82, 2.24) is 19.5 Å². The third kappa shape index (κ3) is 4.75. The average Bonchev–Trinajstić information content (AvgIpc) is 3.31. The van der Waals surface area contributed by atoms with E-state index in [0.29, 0.717) is 16.1 Å². The highest BCUT2D eigenvalue weighted by Gasteiger charge is 2.22. The Labute approximate surface area is 166 Å². The van der Waals surface area contributed by atoms with Crippen LogP contribution < -0.4 is 0 Å². The van der Waals surface area contributed by atoms with Crippen LogP contribution in [-0.4, -0.2) is 54.8 Å². The van der Waals surface area contributed by atoms with Crippen molar-refractivity contribution in [3.63, 3.8) is 0 Å². The first kappa shape index (κ1) is 19.6. The first-order valence-electron chi connectivity index (χ1n) is 8.83. The molecular formula is C17H22N6O2S2.